The largest absolute Gasteiger partial charge is 0.389 e. The van der Waals surface area contributed by atoms with Crippen molar-refractivity contribution in [3.8, 4) is 0 Å². The van der Waals surface area contributed by atoms with E-state index in [0.29, 0.717) is 11.0 Å². The highest BCUT2D eigenvalue weighted by Crippen LogP contribution is 2.36. The number of anilines is 1. The third-order valence-electron chi connectivity index (χ3n) is 4.73. The zero-order valence-electron chi connectivity index (χ0n) is 13.7. The Morgan fingerprint density at radius 1 is 1.24 bits per heavy atom. The van der Waals surface area contributed by atoms with Gasteiger partial charge >= 0.3 is 0 Å². The average molecular weight is 293 g/mol. The summed E-state index contributed by atoms with van der Waals surface area (Å²) in [5.74, 6) is 0.440. The minimum Gasteiger partial charge on any atom is -0.389 e. The number of benzene rings is 1. The van der Waals surface area contributed by atoms with Gasteiger partial charge in [0.1, 0.15) is 5.82 Å². The average Bonchev–Trinajstić information content (AvgIpc) is 2.63. The van der Waals surface area contributed by atoms with Crippen molar-refractivity contribution >= 4 is 5.69 Å². The summed E-state index contributed by atoms with van der Waals surface area (Å²) in [6, 6.07) is 4.77. The predicted octanol–water partition coefficient (Wildman–Crippen LogP) is 4.53. The maximum atomic E-state index is 13.4. The van der Waals surface area contributed by atoms with Crippen LogP contribution in [-0.4, -0.2) is 18.2 Å². The van der Waals surface area contributed by atoms with E-state index in [0.717, 1.165) is 37.5 Å². The summed E-state index contributed by atoms with van der Waals surface area (Å²) in [7, 11) is 0. The molecule has 21 heavy (non-hydrogen) atoms. The molecule has 2 nitrogen and oxygen atoms in total. The standard InChI is InChI=1S/C18H28FNO/c1-13(21)16-12-15(19)7-8-17(16)20-10-5-6-14(9-11-20)18(2,3)4/h7-8,12-14,21H,5-6,9-11H2,1-4H3/t13-,14?/m0/s1. The van der Waals surface area contributed by atoms with Crippen molar-refractivity contribution in [1.82, 2.24) is 0 Å². The highest BCUT2D eigenvalue weighted by atomic mass is 19.1. The minimum absolute atomic E-state index is 0.281. The van der Waals surface area contributed by atoms with Gasteiger partial charge in [0, 0.05) is 24.3 Å². The smallest absolute Gasteiger partial charge is 0.123 e. The van der Waals surface area contributed by atoms with Gasteiger partial charge in [0.2, 0.25) is 0 Å². The van der Waals surface area contributed by atoms with Gasteiger partial charge in [-0.3, -0.25) is 0 Å². The van der Waals surface area contributed by atoms with Crippen LogP contribution in [0.25, 0.3) is 0 Å². The molecule has 0 saturated carbocycles. The van der Waals surface area contributed by atoms with E-state index in [1.165, 1.54) is 18.6 Å². The first-order valence-electron chi connectivity index (χ1n) is 8.01. The van der Waals surface area contributed by atoms with E-state index in [9.17, 15) is 9.50 Å². The van der Waals surface area contributed by atoms with Crippen molar-refractivity contribution in [2.75, 3.05) is 18.0 Å². The van der Waals surface area contributed by atoms with Crippen molar-refractivity contribution in [1.29, 1.82) is 0 Å². The van der Waals surface area contributed by atoms with Crippen LogP contribution in [0, 0.1) is 17.2 Å². The molecule has 0 aromatic heterocycles. The second-order valence-corrected chi connectivity index (χ2v) is 7.36. The van der Waals surface area contributed by atoms with Crippen LogP contribution in [0.1, 0.15) is 58.6 Å². The molecule has 2 rings (SSSR count). The molecule has 0 radical (unpaired) electrons. The fraction of sp³-hybridized carbons (Fsp3) is 0.667. The molecule has 1 aliphatic rings. The summed E-state index contributed by atoms with van der Waals surface area (Å²) in [6.07, 6.45) is 2.90. The molecule has 0 bridgehead atoms. The fourth-order valence-electron chi connectivity index (χ4n) is 3.35. The van der Waals surface area contributed by atoms with Gasteiger partial charge in [-0.2, -0.15) is 0 Å². The van der Waals surface area contributed by atoms with Crippen molar-refractivity contribution in [2.24, 2.45) is 11.3 Å². The zero-order valence-corrected chi connectivity index (χ0v) is 13.7. The third-order valence-corrected chi connectivity index (χ3v) is 4.73. The molecule has 0 spiro atoms. The quantitative estimate of drug-likeness (QED) is 0.866. The van der Waals surface area contributed by atoms with Gasteiger partial charge in [-0.25, -0.2) is 4.39 Å². The molecule has 1 N–H and O–H groups in total. The van der Waals surface area contributed by atoms with Gasteiger partial charge < -0.3 is 10.0 Å². The van der Waals surface area contributed by atoms with Gasteiger partial charge in [0.05, 0.1) is 6.10 Å². The van der Waals surface area contributed by atoms with Crippen molar-refractivity contribution in [3.05, 3.63) is 29.6 Å². The Hall–Kier alpha value is -1.09. The highest BCUT2D eigenvalue weighted by Gasteiger charge is 2.28. The molecule has 1 heterocycles. The molecular formula is C18H28FNO. The number of rotatable bonds is 2. The number of hydrogen-bond acceptors (Lipinski definition) is 2. The molecule has 3 heteroatoms. The van der Waals surface area contributed by atoms with Crippen LogP contribution < -0.4 is 4.90 Å². The van der Waals surface area contributed by atoms with E-state index in [1.807, 2.05) is 6.07 Å². The van der Waals surface area contributed by atoms with E-state index in [4.69, 9.17) is 0 Å². The molecule has 2 atom stereocenters. The Morgan fingerprint density at radius 2 is 1.95 bits per heavy atom. The summed E-state index contributed by atoms with van der Waals surface area (Å²) < 4.78 is 13.4. The lowest BCUT2D eigenvalue weighted by molar-refractivity contribution is 0.199. The maximum Gasteiger partial charge on any atom is 0.123 e. The van der Waals surface area contributed by atoms with Gasteiger partial charge in [-0.1, -0.05) is 20.8 Å². The number of halogens is 1. The summed E-state index contributed by atoms with van der Waals surface area (Å²) >= 11 is 0. The Balaban J connectivity index is 2.20. The van der Waals surface area contributed by atoms with E-state index < -0.39 is 6.10 Å². The Morgan fingerprint density at radius 3 is 2.57 bits per heavy atom. The molecular weight excluding hydrogens is 265 g/mol. The van der Waals surface area contributed by atoms with Gasteiger partial charge in [0.15, 0.2) is 0 Å². The molecule has 0 amide bonds. The number of hydrogen-bond donors (Lipinski definition) is 1. The Labute approximate surface area is 128 Å². The monoisotopic (exact) mass is 293 g/mol. The SMILES string of the molecule is C[C@H](O)c1cc(F)ccc1N1CCCC(C(C)(C)C)CC1. The summed E-state index contributed by atoms with van der Waals surface area (Å²) in [4.78, 5) is 2.31. The molecule has 1 aliphatic heterocycles. The molecule has 1 aromatic carbocycles. The molecule has 1 aromatic rings. The molecule has 118 valence electrons. The van der Waals surface area contributed by atoms with Crippen LogP contribution in [0.5, 0.6) is 0 Å². The lowest BCUT2D eigenvalue weighted by atomic mass is 9.77. The summed E-state index contributed by atoms with van der Waals surface area (Å²) in [6.45, 7) is 10.6. The molecule has 1 fully saturated rings. The van der Waals surface area contributed by atoms with E-state index in [-0.39, 0.29) is 5.82 Å². The molecule has 1 saturated heterocycles. The first-order chi connectivity index (χ1) is 9.79. The Kier molecular flexibility index (Phi) is 4.92. The minimum atomic E-state index is -0.641. The first-order valence-corrected chi connectivity index (χ1v) is 8.01. The maximum absolute atomic E-state index is 13.4. The summed E-state index contributed by atoms with van der Waals surface area (Å²) in [5.41, 5.74) is 2.02. The van der Waals surface area contributed by atoms with Crippen LogP contribution in [0.3, 0.4) is 0 Å². The summed E-state index contributed by atoms with van der Waals surface area (Å²) in [5, 5.41) is 9.92. The van der Waals surface area contributed by atoms with Crippen LogP contribution in [0.2, 0.25) is 0 Å². The van der Waals surface area contributed by atoms with Crippen LogP contribution in [-0.2, 0) is 0 Å². The van der Waals surface area contributed by atoms with Gasteiger partial charge in [-0.05, 0) is 55.7 Å². The number of aliphatic hydroxyl groups excluding tert-OH is 1. The number of nitrogens with zero attached hydrogens (tertiary/aromatic N) is 1. The van der Waals surface area contributed by atoms with Crippen LogP contribution >= 0.6 is 0 Å². The second-order valence-electron chi connectivity index (χ2n) is 7.36. The lowest BCUT2D eigenvalue weighted by Gasteiger charge is -2.30. The fourth-order valence-corrected chi connectivity index (χ4v) is 3.35. The highest BCUT2D eigenvalue weighted by molar-refractivity contribution is 5.55. The topological polar surface area (TPSA) is 23.5 Å². The lowest BCUT2D eigenvalue weighted by Crippen LogP contribution is -2.27. The predicted molar refractivity (Wildman–Crippen MR) is 86.0 cm³/mol. The van der Waals surface area contributed by atoms with Gasteiger partial charge in [0.25, 0.3) is 0 Å². The van der Waals surface area contributed by atoms with Crippen LogP contribution in [0.4, 0.5) is 10.1 Å². The van der Waals surface area contributed by atoms with Gasteiger partial charge in [-0.15, -0.1) is 0 Å². The van der Waals surface area contributed by atoms with E-state index in [2.05, 4.69) is 25.7 Å². The van der Waals surface area contributed by atoms with Crippen molar-refractivity contribution in [3.63, 3.8) is 0 Å². The van der Waals surface area contributed by atoms with E-state index in [1.54, 1.807) is 6.92 Å². The van der Waals surface area contributed by atoms with Crippen molar-refractivity contribution in [2.45, 2.75) is 53.1 Å². The zero-order chi connectivity index (χ0) is 15.6. The third kappa shape index (κ3) is 3.97. The first kappa shape index (κ1) is 16.3. The van der Waals surface area contributed by atoms with Crippen molar-refractivity contribution < 1.29 is 9.50 Å². The van der Waals surface area contributed by atoms with Crippen LogP contribution in [0.15, 0.2) is 18.2 Å². The molecule has 0 aliphatic carbocycles. The molecule has 1 unspecified atom stereocenters. The normalized spacial score (nSPS) is 22.0. The second kappa shape index (κ2) is 6.35. The number of aliphatic hydroxyl groups is 1. The van der Waals surface area contributed by atoms with E-state index >= 15 is 0 Å². The Bertz CT molecular complexity index is 479.